The number of carbonyl (C=O) groups is 4. The van der Waals surface area contributed by atoms with E-state index in [2.05, 4.69) is 15.1 Å². The van der Waals surface area contributed by atoms with Crippen LogP contribution in [0.2, 0.25) is 0 Å². The Morgan fingerprint density at radius 1 is 0.634 bits per heavy atom. The lowest BCUT2D eigenvalue weighted by Crippen LogP contribution is -2.55. The molecule has 0 aromatic heterocycles. The molecule has 8 aliphatic rings. The van der Waals surface area contributed by atoms with E-state index in [0.29, 0.717) is 57.1 Å². The number of rotatable bonds is 8. The Labute approximate surface area is 423 Å². The molecule has 19 heteroatoms. The topological polar surface area (TPSA) is 140 Å². The van der Waals surface area contributed by atoms with E-state index in [1.54, 1.807) is 71.6 Å². The molecule has 8 aliphatic heterocycles. The number of urea groups is 1. The smallest absolute Gasteiger partial charge is 0.410 e. The molecule has 16 nitrogen and oxygen atoms in total. The Kier molecular flexibility index (Phi) is 16.9. The van der Waals surface area contributed by atoms with Gasteiger partial charge in [0.2, 0.25) is 0 Å². The number of benzene rings is 2. The van der Waals surface area contributed by atoms with E-state index in [-0.39, 0.29) is 52.8 Å². The molecule has 4 unspecified atom stereocenters. The molecule has 10 rings (SSSR count). The lowest BCUT2D eigenvalue weighted by molar-refractivity contribution is 0.0192. The van der Waals surface area contributed by atoms with E-state index in [4.69, 9.17) is 30.5 Å². The number of likely N-dealkylation sites (tertiary alicyclic amines) is 2. The summed E-state index contributed by atoms with van der Waals surface area (Å²) in [4.78, 5) is 61.7. The third-order valence-electron chi connectivity index (χ3n) is 16.8. The molecule has 71 heavy (non-hydrogen) atoms. The number of nitrogens with one attached hydrogen (secondary N) is 1. The standard InChI is InChI=1S/C26H37FN4O4.C23H32FN3O3.C3H6ClNO/c1-28(2)24(32)30-17-26(22-14-18(27)4-7-23(22)30)8-10-29(11-9-26)21-15-19-5-6-20(16-21)31(19)25(33)35-13-12-34-3;1-29-10-11-30-22(28)27-17-3-4-18(27)14-19(13-17)26-8-6-23(7-9-26)15-25-21-5-2-16(24)12-20(21)23;1-5(2)3(4)6/h4,7,14,19-21H,5-6,8-13,15-17H2,1-3H3;2,5,12,17-19,25H,3-4,6-11,13-15H2,1H3;1-2H3. The van der Waals surface area contributed by atoms with E-state index in [0.717, 1.165) is 132 Å². The van der Waals surface area contributed by atoms with Gasteiger partial charge in [0.25, 0.3) is 0 Å². The number of nitrogens with zero attached hydrogens (tertiary/aromatic N) is 7. The Morgan fingerprint density at radius 3 is 1.51 bits per heavy atom. The van der Waals surface area contributed by atoms with Crippen LogP contribution in [0.5, 0.6) is 0 Å². The van der Waals surface area contributed by atoms with Gasteiger partial charge in [0.1, 0.15) is 24.8 Å². The molecule has 5 amide bonds. The molecular weight excluding hydrogens is 938 g/mol. The van der Waals surface area contributed by atoms with Crippen LogP contribution in [0.25, 0.3) is 0 Å². The normalized spacial score (nSPS) is 26.6. The van der Waals surface area contributed by atoms with Gasteiger partial charge in [-0.15, -0.1) is 0 Å². The van der Waals surface area contributed by atoms with Crippen molar-refractivity contribution in [2.24, 2.45) is 0 Å². The van der Waals surface area contributed by atoms with Crippen molar-refractivity contribution >= 4 is 46.6 Å². The highest BCUT2D eigenvalue weighted by atomic mass is 35.5. The second-order valence-electron chi connectivity index (χ2n) is 21.3. The fourth-order valence-corrected chi connectivity index (χ4v) is 13.1. The van der Waals surface area contributed by atoms with E-state index < -0.39 is 5.37 Å². The molecule has 0 saturated carbocycles. The van der Waals surface area contributed by atoms with Gasteiger partial charge >= 0.3 is 23.6 Å². The fraction of sp³-hybridized carbons (Fsp3) is 0.692. The quantitative estimate of drug-likeness (QED) is 0.158. The number of anilines is 2. The van der Waals surface area contributed by atoms with Crippen LogP contribution < -0.4 is 10.2 Å². The number of amides is 5. The maximum atomic E-state index is 14.3. The average molecular weight is 1010 g/mol. The monoisotopic (exact) mass is 1010 g/mol. The van der Waals surface area contributed by atoms with Crippen molar-refractivity contribution in [1.29, 1.82) is 0 Å². The highest BCUT2D eigenvalue weighted by Crippen LogP contribution is 2.50. The third-order valence-corrected chi connectivity index (χ3v) is 17.2. The predicted octanol–water partition coefficient (Wildman–Crippen LogP) is 7.71. The van der Waals surface area contributed by atoms with Gasteiger partial charge < -0.3 is 53.7 Å². The number of fused-ring (bicyclic) bond motifs is 8. The van der Waals surface area contributed by atoms with E-state index in [1.807, 2.05) is 20.8 Å². The minimum Gasteiger partial charge on any atom is -0.447 e. The van der Waals surface area contributed by atoms with Crippen molar-refractivity contribution < 1.29 is 46.9 Å². The van der Waals surface area contributed by atoms with Crippen LogP contribution >= 0.6 is 11.6 Å². The summed E-state index contributed by atoms with van der Waals surface area (Å²) < 4.78 is 48.9. The van der Waals surface area contributed by atoms with Crippen molar-refractivity contribution in [3.05, 3.63) is 59.2 Å². The SMILES string of the molecule is CN(C)C(=O)Cl.COCCOC(=O)N1C2CCC1CC(N1CCC3(CC1)CN(C(=O)N(C)C)c1ccc(F)cc13)C2.COCCOC(=O)N1C2CCC1CC(N1CCC3(CC1)CNc1ccc(F)cc13)C2. The number of halogens is 3. The van der Waals surface area contributed by atoms with Crippen molar-refractivity contribution in [2.75, 3.05) is 118 Å². The first-order chi connectivity index (χ1) is 34.1. The highest BCUT2D eigenvalue weighted by Gasteiger charge is 2.51. The van der Waals surface area contributed by atoms with Crippen LogP contribution in [-0.4, -0.2) is 197 Å². The number of hydrogen-bond acceptors (Lipinski definition) is 11. The average Bonchev–Trinajstić information content (AvgIpc) is 4.03. The van der Waals surface area contributed by atoms with Crippen molar-refractivity contribution in [3.8, 4) is 0 Å². The Balaban J connectivity index is 0.000000172. The first kappa shape index (κ1) is 52.8. The van der Waals surface area contributed by atoms with Gasteiger partial charge in [-0.2, -0.15) is 0 Å². The van der Waals surface area contributed by atoms with Gasteiger partial charge in [-0.3, -0.25) is 9.69 Å². The molecule has 4 atom stereocenters. The number of ether oxygens (including phenoxy) is 4. The molecule has 6 saturated heterocycles. The zero-order valence-corrected chi connectivity index (χ0v) is 43.3. The second-order valence-corrected chi connectivity index (χ2v) is 21.6. The van der Waals surface area contributed by atoms with Crippen LogP contribution in [0, 0.1) is 11.6 Å². The fourth-order valence-electron chi connectivity index (χ4n) is 13.1. The highest BCUT2D eigenvalue weighted by molar-refractivity contribution is 6.62. The molecule has 2 aromatic carbocycles. The summed E-state index contributed by atoms with van der Waals surface area (Å²) >= 11 is 4.90. The molecule has 392 valence electrons. The molecule has 6 fully saturated rings. The Bertz CT molecular complexity index is 2180. The summed E-state index contributed by atoms with van der Waals surface area (Å²) in [6.07, 6.45) is 11.8. The second kappa shape index (κ2) is 22.7. The number of methoxy groups -OCH3 is 2. The van der Waals surface area contributed by atoms with Crippen LogP contribution in [0.3, 0.4) is 0 Å². The van der Waals surface area contributed by atoms with Crippen molar-refractivity contribution in [3.63, 3.8) is 0 Å². The Morgan fingerprint density at radius 2 is 1.07 bits per heavy atom. The first-order valence-electron chi connectivity index (χ1n) is 25.6. The van der Waals surface area contributed by atoms with Crippen molar-refractivity contribution in [2.45, 2.75) is 124 Å². The van der Waals surface area contributed by atoms with Gasteiger partial charge in [0.05, 0.1) is 13.2 Å². The predicted molar refractivity (Wildman–Crippen MR) is 267 cm³/mol. The molecule has 2 spiro atoms. The van der Waals surface area contributed by atoms with E-state index in [9.17, 15) is 28.0 Å². The van der Waals surface area contributed by atoms with Crippen LogP contribution in [0.15, 0.2) is 36.4 Å². The summed E-state index contributed by atoms with van der Waals surface area (Å²) in [5, 5.41) is 3.06. The molecule has 2 aromatic rings. The summed E-state index contributed by atoms with van der Waals surface area (Å²) in [7, 11) is 9.91. The largest absolute Gasteiger partial charge is 0.447 e. The molecular formula is C52H75ClF2N8O8. The third kappa shape index (κ3) is 11.4. The van der Waals surface area contributed by atoms with Crippen LogP contribution in [0.1, 0.15) is 88.2 Å². The number of hydrogen-bond donors (Lipinski definition) is 1. The molecule has 8 heterocycles. The summed E-state index contributed by atoms with van der Waals surface area (Å²) in [6.45, 7) is 6.90. The van der Waals surface area contributed by atoms with Gasteiger partial charge in [-0.05, 0) is 162 Å². The maximum Gasteiger partial charge on any atom is 0.410 e. The van der Waals surface area contributed by atoms with E-state index in [1.165, 1.54) is 11.0 Å². The first-order valence-corrected chi connectivity index (χ1v) is 26.0. The zero-order chi connectivity index (χ0) is 50.6. The molecule has 0 aliphatic carbocycles. The van der Waals surface area contributed by atoms with Crippen molar-refractivity contribution in [1.82, 2.24) is 29.4 Å². The lowest BCUT2D eigenvalue weighted by atomic mass is 9.73. The van der Waals surface area contributed by atoms with Crippen LogP contribution in [-0.2, 0) is 29.8 Å². The Hall–Kier alpha value is -4.49. The molecule has 4 bridgehead atoms. The molecule has 1 N–H and O–H groups in total. The molecule has 0 radical (unpaired) electrons. The maximum absolute atomic E-state index is 14.3. The number of piperidine rings is 4. The summed E-state index contributed by atoms with van der Waals surface area (Å²) in [5.41, 5.74) is 3.94. The van der Waals surface area contributed by atoms with Gasteiger partial charge in [0.15, 0.2) is 0 Å². The number of carbonyl (C=O) groups excluding carboxylic acids is 4. The zero-order valence-electron chi connectivity index (χ0n) is 42.5. The van der Waals surface area contributed by atoms with Gasteiger partial charge in [-0.25, -0.2) is 23.2 Å². The van der Waals surface area contributed by atoms with Crippen LogP contribution in [0.4, 0.5) is 39.3 Å². The lowest BCUT2D eigenvalue weighted by Gasteiger charge is -2.47. The minimum atomic E-state index is -0.435. The minimum absolute atomic E-state index is 0.0569. The van der Waals surface area contributed by atoms with Gasteiger partial charge in [0, 0.05) is 114 Å². The summed E-state index contributed by atoms with van der Waals surface area (Å²) in [5.74, 6) is -0.383. The van der Waals surface area contributed by atoms with E-state index >= 15 is 0 Å². The van der Waals surface area contributed by atoms with Gasteiger partial charge in [-0.1, -0.05) is 0 Å². The summed E-state index contributed by atoms with van der Waals surface area (Å²) in [6, 6.07) is 12.0.